The van der Waals surface area contributed by atoms with Gasteiger partial charge in [-0.3, -0.25) is 4.79 Å². The molecule has 1 aromatic carbocycles. The normalized spacial score (nSPS) is 16.3. The van der Waals surface area contributed by atoms with Crippen LogP contribution >= 0.6 is 15.9 Å². The van der Waals surface area contributed by atoms with Gasteiger partial charge < -0.3 is 9.74 Å². The maximum atomic E-state index is 14.0. The number of carbonyl (C=O) groups is 2. The van der Waals surface area contributed by atoms with Crippen LogP contribution in [-0.2, 0) is 9.63 Å². The summed E-state index contributed by atoms with van der Waals surface area (Å²) in [6, 6.07) is 4.65. The van der Waals surface area contributed by atoms with Gasteiger partial charge in [-0.25, -0.2) is 9.18 Å². The van der Waals surface area contributed by atoms with Gasteiger partial charge in [-0.15, -0.1) is 5.06 Å². The first-order valence-corrected chi connectivity index (χ1v) is 8.20. The summed E-state index contributed by atoms with van der Waals surface area (Å²) in [4.78, 5) is 31.1. The molecule has 0 atom stereocenters. The molecule has 0 unspecified atom stereocenters. The molecule has 1 amide bonds. The predicted octanol–water partition coefficient (Wildman–Crippen LogP) is 2.85. The number of hydrogen-bond acceptors (Lipinski definition) is 4. The van der Waals surface area contributed by atoms with E-state index in [0.717, 1.165) is 0 Å². The largest absolute Gasteiger partial charge is 0.367 e. The topological polar surface area (TPSA) is 49.9 Å². The number of carbonyl (C=O) groups excluding carboxylic acids is 2. The second-order valence-electron chi connectivity index (χ2n) is 6.45. The Balaban J connectivity index is 1.95. The van der Waals surface area contributed by atoms with Gasteiger partial charge in [0.25, 0.3) is 5.91 Å². The minimum atomic E-state index is -0.577. The second-order valence-corrected chi connectivity index (χ2v) is 7.31. The van der Waals surface area contributed by atoms with Crippen molar-refractivity contribution in [3.63, 3.8) is 0 Å². The van der Waals surface area contributed by atoms with Crippen molar-refractivity contribution in [3.8, 4) is 0 Å². The van der Waals surface area contributed by atoms with Crippen molar-refractivity contribution in [1.29, 1.82) is 0 Å². The van der Waals surface area contributed by atoms with Crippen LogP contribution in [0.25, 0.3) is 0 Å². The van der Waals surface area contributed by atoms with Gasteiger partial charge in [0, 0.05) is 13.1 Å². The number of rotatable bonds is 2. The van der Waals surface area contributed by atoms with E-state index >= 15 is 0 Å². The average molecular weight is 387 g/mol. The highest BCUT2D eigenvalue weighted by Crippen LogP contribution is 2.21. The van der Waals surface area contributed by atoms with Crippen LogP contribution < -0.4 is 0 Å². The summed E-state index contributed by atoms with van der Waals surface area (Å²) in [7, 11) is 0. The Morgan fingerprint density at radius 1 is 1.17 bits per heavy atom. The Morgan fingerprint density at radius 3 is 2.35 bits per heavy atom. The first-order valence-electron chi connectivity index (χ1n) is 7.41. The first kappa shape index (κ1) is 17.9. The summed E-state index contributed by atoms with van der Waals surface area (Å²) in [6.07, 6.45) is 0. The second kappa shape index (κ2) is 6.97. The van der Waals surface area contributed by atoms with E-state index in [9.17, 15) is 14.0 Å². The molecule has 1 aromatic rings. The van der Waals surface area contributed by atoms with Gasteiger partial charge in [0.2, 0.25) is 0 Å². The van der Waals surface area contributed by atoms with Crippen molar-refractivity contribution in [2.45, 2.75) is 20.8 Å². The van der Waals surface area contributed by atoms with Gasteiger partial charge in [-0.2, -0.15) is 0 Å². The number of hydroxylamine groups is 2. The van der Waals surface area contributed by atoms with Gasteiger partial charge in [0.1, 0.15) is 5.82 Å². The van der Waals surface area contributed by atoms with Crippen LogP contribution in [0.15, 0.2) is 22.7 Å². The van der Waals surface area contributed by atoms with Gasteiger partial charge in [0.05, 0.1) is 28.5 Å². The van der Waals surface area contributed by atoms with E-state index in [-0.39, 0.29) is 21.9 Å². The Labute approximate surface area is 143 Å². The fraction of sp³-hybridized carbons (Fsp3) is 0.500. The number of nitrogens with zero attached hydrogens (tertiary/aromatic N) is 2. The van der Waals surface area contributed by atoms with E-state index in [2.05, 4.69) is 15.9 Å². The SMILES string of the molecule is CC(C)(C)C(=O)ON1CCN(C(=O)c2cccc(Br)c2F)CC1. The van der Waals surface area contributed by atoms with Gasteiger partial charge in [0.15, 0.2) is 0 Å². The van der Waals surface area contributed by atoms with Crippen molar-refractivity contribution in [2.75, 3.05) is 26.2 Å². The van der Waals surface area contributed by atoms with Gasteiger partial charge >= 0.3 is 5.97 Å². The molecule has 0 saturated carbocycles. The Bertz CT molecular complexity index is 608. The van der Waals surface area contributed by atoms with E-state index < -0.39 is 11.2 Å². The van der Waals surface area contributed by atoms with Crippen molar-refractivity contribution in [2.24, 2.45) is 5.41 Å². The van der Waals surface area contributed by atoms with Crippen molar-refractivity contribution in [3.05, 3.63) is 34.1 Å². The van der Waals surface area contributed by atoms with Crippen LogP contribution in [0.2, 0.25) is 0 Å². The highest BCUT2D eigenvalue weighted by atomic mass is 79.9. The Hall–Kier alpha value is -1.47. The quantitative estimate of drug-likeness (QED) is 0.783. The van der Waals surface area contributed by atoms with Crippen LogP contribution in [0.5, 0.6) is 0 Å². The van der Waals surface area contributed by atoms with Crippen molar-refractivity contribution >= 4 is 27.8 Å². The standard InChI is InChI=1S/C16H20BrFN2O3/c1-16(2,3)15(22)23-20-9-7-19(8-10-20)14(21)11-5-4-6-12(17)13(11)18/h4-6H,7-10H2,1-3H3. The Kier molecular flexibility index (Phi) is 5.41. The Morgan fingerprint density at radius 2 is 1.78 bits per heavy atom. The summed E-state index contributed by atoms with van der Waals surface area (Å²) < 4.78 is 14.3. The van der Waals surface area contributed by atoms with Crippen molar-refractivity contribution in [1.82, 2.24) is 9.96 Å². The number of amides is 1. The van der Waals surface area contributed by atoms with Crippen molar-refractivity contribution < 1.29 is 18.8 Å². The molecule has 2 rings (SSSR count). The highest BCUT2D eigenvalue weighted by Gasteiger charge is 2.29. The van der Waals surface area contributed by atoms with Crippen LogP contribution in [0, 0.1) is 11.2 Å². The zero-order valence-corrected chi connectivity index (χ0v) is 15.0. The zero-order valence-electron chi connectivity index (χ0n) is 13.4. The molecule has 7 heteroatoms. The molecular weight excluding hydrogens is 367 g/mol. The third-order valence-corrected chi connectivity index (χ3v) is 4.14. The summed E-state index contributed by atoms with van der Waals surface area (Å²) in [6.45, 7) is 6.91. The molecule has 1 aliphatic heterocycles. The van der Waals surface area contributed by atoms with E-state index in [1.54, 1.807) is 42.9 Å². The minimum absolute atomic E-state index is 0.0412. The monoisotopic (exact) mass is 386 g/mol. The van der Waals surface area contributed by atoms with E-state index in [1.165, 1.54) is 6.07 Å². The van der Waals surface area contributed by atoms with Crippen LogP contribution in [0.1, 0.15) is 31.1 Å². The summed E-state index contributed by atoms with van der Waals surface area (Å²) in [5, 5.41) is 1.55. The van der Waals surface area contributed by atoms with Crippen LogP contribution in [0.3, 0.4) is 0 Å². The summed E-state index contributed by atoms with van der Waals surface area (Å²) in [5.41, 5.74) is -0.536. The number of piperazine rings is 1. The third-order valence-electron chi connectivity index (χ3n) is 3.53. The number of halogens is 2. The predicted molar refractivity (Wildman–Crippen MR) is 87.1 cm³/mol. The molecule has 1 heterocycles. The number of benzene rings is 1. The fourth-order valence-electron chi connectivity index (χ4n) is 2.08. The molecule has 126 valence electrons. The average Bonchev–Trinajstić information content (AvgIpc) is 2.49. The molecule has 0 bridgehead atoms. The van der Waals surface area contributed by atoms with E-state index in [1.807, 2.05) is 0 Å². The molecule has 23 heavy (non-hydrogen) atoms. The third kappa shape index (κ3) is 4.29. The number of hydrogen-bond donors (Lipinski definition) is 0. The molecule has 0 radical (unpaired) electrons. The molecule has 5 nitrogen and oxygen atoms in total. The zero-order chi connectivity index (χ0) is 17.2. The lowest BCUT2D eigenvalue weighted by molar-refractivity contribution is -0.205. The molecular formula is C16H20BrFN2O3. The molecule has 0 spiro atoms. The fourth-order valence-corrected chi connectivity index (χ4v) is 2.44. The van der Waals surface area contributed by atoms with Gasteiger partial charge in [-0.1, -0.05) is 6.07 Å². The smallest absolute Gasteiger partial charge is 0.330 e. The van der Waals surface area contributed by atoms with Gasteiger partial charge in [-0.05, 0) is 48.8 Å². The molecule has 0 aliphatic carbocycles. The van der Waals surface area contributed by atoms with E-state index in [4.69, 9.17) is 4.84 Å². The molecule has 1 aliphatic rings. The van der Waals surface area contributed by atoms with Crippen LogP contribution in [-0.4, -0.2) is 48.0 Å². The minimum Gasteiger partial charge on any atom is -0.367 e. The molecule has 1 fully saturated rings. The van der Waals surface area contributed by atoms with E-state index in [0.29, 0.717) is 26.2 Å². The lowest BCUT2D eigenvalue weighted by Crippen LogP contribution is -2.50. The first-order chi connectivity index (χ1) is 10.7. The lowest BCUT2D eigenvalue weighted by Gasteiger charge is -2.34. The summed E-state index contributed by atoms with van der Waals surface area (Å²) in [5.74, 6) is -1.22. The molecule has 0 aromatic heterocycles. The summed E-state index contributed by atoms with van der Waals surface area (Å²) >= 11 is 3.08. The molecule has 0 N–H and O–H groups in total. The van der Waals surface area contributed by atoms with Crippen LogP contribution in [0.4, 0.5) is 4.39 Å². The highest BCUT2D eigenvalue weighted by molar-refractivity contribution is 9.10. The molecule has 1 saturated heterocycles. The lowest BCUT2D eigenvalue weighted by atomic mass is 9.98. The maximum absolute atomic E-state index is 14.0. The maximum Gasteiger partial charge on any atom is 0.330 e.